The molecule has 0 bridgehead atoms. The maximum Gasteiger partial charge on any atom is 0.254 e. The molecule has 0 aliphatic carbocycles. The summed E-state index contributed by atoms with van der Waals surface area (Å²) in [6.07, 6.45) is 0. The van der Waals surface area contributed by atoms with Crippen molar-refractivity contribution < 1.29 is 9.90 Å². The van der Waals surface area contributed by atoms with Gasteiger partial charge in [0.1, 0.15) is 5.69 Å². The first-order valence-corrected chi connectivity index (χ1v) is 10.2. The van der Waals surface area contributed by atoms with Crippen LogP contribution in [0.15, 0.2) is 72.8 Å². The molecule has 31 heavy (non-hydrogen) atoms. The Balaban J connectivity index is 1.39. The third kappa shape index (κ3) is 3.44. The minimum absolute atomic E-state index is 0.0293. The summed E-state index contributed by atoms with van der Waals surface area (Å²) >= 11 is 0. The Morgan fingerprint density at radius 2 is 1.65 bits per heavy atom. The molecule has 1 amide bonds. The van der Waals surface area contributed by atoms with E-state index in [1.165, 1.54) is 6.07 Å². The van der Waals surface area contributed by atoms with Gasteiger partial charge >= 0.3 is 0 Å². The van der Waals surface area contributed by atoms with Gasteiger partial charge in [-0.25, -0.2) is 4.98 Å². The molecule has 1 N–H and O–H groups in total. The second kappa shape index (κ2) is 7.68. The number of amides is 1. The zero-order valence-corrected chi connectivity index (χ0v) is 17.0. The van der Waals surface area contributed by atoms with Crippen LogP contribution in [-0.4, -0.2) is 42.2 Å². The molecule has 1 aliphatic heterocycles. The van der Waals surface area contributed by atoms with E-state index in [1.807, 2.05) is 58.9 Å². The van der Waals surface area contributed by atoms with Crippen molar-refractivity contribution in [2.75, 3.05) is 6.54 Å². The summed E-state index contributed by atoms with van der Waals surface area (Å²) < 4.78 is 1.97. The zero-order chi connectivity index (χ0) is 21.4. The maximum absolute atomic E-state index is 13.2. The predicted octanol–water partition coefficient (Wildman–Crippen LogP) is 3.93. The average molecular weight is 411 g/mol. The van der Waals surface area contributed by atoms with Gasteiger partial charge in [0.15, 0.2) is 11.6 Å². The summed E-state index contributed by atoms with van der Waals surface area (Å²) in [7, 11) is 0. The van der Waals surface area contributed by atoms with Gasteiger partial charge < -0.3 is 14.6 Å². The van der Waals surface area contributed by atoms with Gasteiger partial charge in [0.05, 0.1) is 6.04 Å². The Morgan fingerprint density at radius 3 is 2.39 bits per heavy atom. The largest absolute Gasteiger partial charge is 0.493 e. The summed E-state index contributed by atoms with van der Waals surface area (Å²) in [5, 5.41) is 18.3. The molecule has 7 heteroatoms. The number of carbonyl (C=O) groups is 1. The summed E-state index contributed by atoms with van der Waals surface area (Å²) in [5.41, 5.74) is 3.40. The molecule has 0 saturated heterocycles. The van der Waals surface area contributed by atoms with E-state index in [2.05, 4.69) is 27.3 Å². The van der Waals surface area contributed by atoms with Gasteiger partial charge in [-0.1, -0.05) is 48.5 Å². The molecule has 0 unspecified atom stereocenters. The van der Waals surface area contributed by atoms with Crippen molar-refractivity contribution in [2.45, 2.75) is 19.5 Å². The minimum Gasteiger partial charge on any atom is -0.493 e. The van der Waals surface area contributed by atoms with E-state index in [0.717, 1.165) is 11.1 Å². The first kappa shape index (κ1) is 19.0. The molecule has 1 aliphatic rings. The SMILES string of the molecule is C[C@@H]1c2nnc(-c3cccc(O)n3)n2CCN1C(=O)c1ccc(-c2ccccc2)cc1. The third-order valence-corrected chi connectivity index (χ3v) is 5.65. The van der Waals surface area contributed by atoms with E-state index in [1.54, 1.807) is 12.1 Å². The van der Waals surface area contributed by atoms with Crippen LogP contribution in [0.4, 0.5) is 0 Å². The molecule has 0 fully saturated rings. The van der Waals surface area contributed by atoms with Crippen LogP contribution >= 0.6 is 0 Å². The van der Waals surface area contributed by atoms with Crippen molar-refractivity contribution in [3.63, 3.8) is 0 Å². The van der Waals surface area contributed by atoms with Gasteiger partial charge in [-0.15, -0.1) is 10.2 Å². The fourth-order valence-corrected chi connectivity index (χ4v) is 4.00. The predicted molar refractivity (Wildman–Crippen MR) is 116 cm³/mol. The van der Waals surface area contributed by atoms with Gasteiger partial charge in [0.25, 0.3) is 5.91 Å². The van der Waals surface area contributed by atoms with Crippen molar-refractivity contribution in [3.05, 3.63) is 84.2 Å². The lowest BCUT2D eigenvalue weighted by Crippen LogP contribution is -2.41. The average Bonchev–Trinajstić information content (AvgIpc) is 3.25. The minimum atomic E-state index is -0.228. The molecule has 2 aromatic carbocycles. The lowest BCUT2D eigenvalue weighted by atomic mass is 10.0. The molecule has 2 aromatic heterocycles. The van der Waals surface area contributed by atoms with Crippen LogP contribution in [0, 0.1) is 0 Å². The van der Waals surface area contributed by atoms with Crippen LogP contribution in [0.5, 0.6) is 5.88 Å². The van der Waals surface area contributed by atoms with E-state index in [-0.39, 0.29) is 17.8 Å². The van der Waals surface area contributed by atoms with E-state index < -0.39 is 0 Å². The first-order chi connectivity index (χ1) is 15.1. The number of aromatic hydroxyl groups is 1. The molecule has 0 saturated carbocycles. The van der Waals surface area contributed by atoms with Crippen molar-refractivity contribution in [3.8, 4) is 28.5 Å². The second-order valence-electron chi connectivity index (χ2n) is 7.53. The number of benzene rings is 2. The van der Waals surface area contributed by atoms with Crippen LogP contribution in [-0.2, 0) is 6.54 Å². The number of pyridine rings is 1. The van der Waals surface area contributed by atoms with Crippen molar-refractivity contribution in [1.29, 1.82) is 0 Å². The van der Waals surface area contributed by atoms with Crippen molar-refractivity contribution in [2.24, 2.45) is 0 Å². The number of hydrogen-bond donors (Lipinski definition) is 1. The van der Waals surface area contributed by atoms with Crippen molar-refractivity contribution >= 4 is 5.91 Å². The van der Waals surface area contributed by atoms with Gasteiger partial charge in [-0.05, 0) is 36.2 Å². The van der Waals surface area contributed by atoms with Gasteiger partial charge in [0, 0.05) is 24.7 Å². The Kier molecular flexibility index (Phi) is 4.71. The highest BCUT2D eigenvalue weighted by Gasteiger charge is 2.32. The number of rotatable bonds is 3. The number of hydrogen-bond acceptors (Lipinski definition) is 5. The molecule has 5 rings (SSSR count). The molecule has 7 nitrogen and oxygen atoms in total. The molecule has 0 spiro atoms. The Morgan fingerprint density at radius 1 is 0.903 bits per heavy atom. The second-order valence-corrected chi connectivity index (χ2v) is 7.53. The highest BCUT2D eigenvalue weighted by atomic mass is 16.3. The number of carbonyl (C=O) groups excluding carboxylic acids is 1. The van der Waals surface area contributed by atoms with Gasteiger partial charge in [-0.2, -0.15) is 0 Å². The summed E-state index contributed by atoms with van der Waals surface area (Å²) in [5.74, 6) is 1.21. The van der Waals surface area contributed by atoms with Crippen LogP contribution < -0.4 is 0 Å². The first-order valence-electron chi connectivity index (χ1n) is 10.2. The lowest BCUT2D eigenvalue weighted by Gasteiger charge is -2.33. The quantitative estimate of drug-likeness (QED) is 0.552. The highest BCUT2D eigenvalue weighted by molar-refractivity contribution is 5.95. The molecule has 4 aromatic rings. The number of aromatic nitrogens is 4. The van der Waals surface area contributed by atoms with E-state index in [0.29, 0.717) is 36.0 Å². The van der Waals surface area contributed by atoms with E-state index in [9.17, 15) is 9.90 Å². The maximum atomic E-state index is 13.2. The lowest BCUT2D eigenvalue weighted by molar-refractivity contribution is 0.0638. The summed E-state index contributed by atoms with van der Waals surface area (Å²) in [6, 6.07) is 22.6. The molecular formula is C24H21N5O2. The summed E-state index contributed by atoms with van der Waals surface area (Å²) in [6.45, 7) is 3.06. The Bertz CT molecular complexity index is 1230. The van der Waals surface area contributed by atoms with Crippen LogP contribution in [0.1, 0.15) is 29.1 Å². The molecule has 3 heterocycles. The molecule has 154 valence electrons. The fourth-order valence-electron chi connectivity index (χ4n) is 4.00. The molecular weight excluding hydrogens is 390 g/mol. The van der Waals surface area contributed by atoms with Crippen LogP contribution in [0.2, 0.25) is 0 Å². The van der Waals surface area contributed by atoms with Gasteiger partial charge in [0.2, 0.25) is 5.88 Å². The third-order valence-electron chi connectivity index (χ3n) is 5.65. The topological polar surface area (TPSA) is 84.1 Å². The van der Waals surface area contributed by atoms with E-state index >= 15 is 0 Å². The number of fused-ring (bicyclic) bond motifs is 1. The number of nitrogens with zero attached hydrogens (tertiary/aromatic N) is 5. The monoisotopic (exact) mass is 411 g/mol. The fraction of sp³-hybridized carbons (Fsp3) is 0.167. The molecule has 0 radical (unpaired) electrons. The Labute approximate surface area is 179 Å². The summed E-state index contributed by atoms with van der Waals surface area (Å²) in [4.78, 5) is 19.2. The molecule has 1 atom stereocenters. The van der Waals surface area contributed by atoms with Crippen LogP contribution in [0.25, 0.3) is 22.6 Å². The van der Waals surface area contributed by atoms with Crippen molar-refractivity contribution in [1.82, 2.24) is 24.6 Å². The standard InChI is InChI=1S/C24H21N5O2/c1-16-22-26-27-23(20-8-5-9-21(30)25-20)29(22)15-14-28(16)24(31)19-12-10-18(11-13-19)17-6-3-2-4-7-17/h2-13,16H,14-15H2,1H3,(H,25,30)/t16-/m1/s1. The van der Waals surface area contributed by atoms with Gasteiger partial charge in [-0.3, -0.25) is 4.79 Å². The van der Waals surface area contributed by atoms with E-state index in [4.69, 9.17) is 0 Å². The smallest absolute Gasteiger partial charge is 0.254 e. The zero-order valence-electron chi connectivity index (χ0n) is 17.0. The van der Waals surface area contributed by atoms with Crippen LogP contribution in [0.3, 0.4) is 0 Å². The highest BCUT2D eigenvalue weighted by Crippen LogP contribution is 2.30. The normalized spacial score (nSPS) is 15.5. The Hall–Kier alpha value is -4.00.